The van der Waals surface area contributed by atoms with Crippen molar-refractivity contribution >= 4 is 6.03 Å². The van der Waals surface area contributed by atoms with Crippen LogP contribution in [0.2, 0.25) is 0 Å². The summed E-state index contributed by atoms with van der Waals surface area (Å²) >= 11 is 0. The van der Waals surface area contributed by atoms with Crippen molar-refractivity contribution in [2.24, 2.45) is 5.92 Å². The SMILES string of the molecule is CC(C)CCNC(=O)NC1CCCc2ccccc21. The van der Waals surface area contributed by atoms with Crippen LogP contribution in [0.15, 0.2) is 24.3 Å². The summed E-state index contributed by atoms with van der Waals surface area (Å²) in [5.74, 6) is 0.621. The third-order valence-corrected chi connectivity index (χ3v) is 3.68. The number of nitrogens with one attached hydrogen (secondary N) is 2. The summed E-state index contributed by atoms with van der Waals surface area (Å²) in [6.07, 6.45) is 4.33. The number of aryl methyl sites for hydroxylation is 1. The molecular formula is C16H24N2O. The Morgan fingerprint density at radius 3 is 2.95 bits per heavy atom. The third kappa shape index (κ3) is 3.98. The first-order valence-electron chi connectivity index (χ1n) is 7.29. The Bertz CT molecular complexity index is 429. The van der Waals surface area contributed by atoms with E-state index in [1.807, 2.05) is 0 Å². The fourth-order valence-electron chi connectivity index (χ4n) is 2.59. The molecule has 1 aliphatic rings. The van der Waals surface area contributed by atoms with Gasteiger partial charge < -0.3 is 10.6 Å². The Kier molecular flexibility index (Phi) is 4.83. The van der Waals surface area contributed by atoms with Gasteiger partial charge in [0.15, 0.2) is 0 Å². The Labute approximate surface area is 115 Å². The maximum absolute atomic E-state index is 11.9. The van der Waals surface area contributed by atoms with Crippen LogP contribution in [0, 0.1) is 5.92 Å². The second kappa shape index (κ2) is 6.60. The van der Waals surface area contributed by atoms with Crippen molar-refractivity contribution in [3.8, 4) is 0 Å². The standard InChI is InChI=1S/C16H24N2O/c1-12(2)10-11-17-16(19)18-15-9-5-7-13-6-3-4-8-14(13)15/h3-4,6,8,12,15H,5,7,9-11H2,1-2H3,(H2,17,18,19). The lowest BCUT2D eigenvalue weighted by molar-refractivity contribution is 0.235. The normalized spacial score (nSPS) is 17.9. The van der Waals surface area contributed by atoms with E-state index >= 15 is 0 Å². The molecule has 0 bridgehead atoms. The molecule has 2 rings (SSSR count). The zero-order valence-electron chi connectivity index (χ0n) is 11.9. The van der Waals surface area contributed by atoms with Crippen LogP contribution >= 0.6 is 0 Å². The first-order valence-corrected chi connectivity index (χ1v) is 7.29. The van der Waals surface area contributed by atoms with E-state index in [0.717, 1.165) is 32.2 Å². The van der Waals surface area contributed by atoms with Crippen LogP contribution in [0.5, 0.6) is 0 Å². The highest BCUT2D eigenvalue weighted by Crippen LogP contribution is 2.29. The number of hydrogen-bond acceptors (Lipinski definition) is 1. The molecule has 1 unspecified atom stereocenters. The monoisotopic (exact) mass is 260 g/mol. The van der Waals surface area contributed by atoms with E-state index in [1.54, 1.807) is 0 Å². The van der Waals surface area contributed by atoms with Crippen LogP contribution in [-0.2, 0) is 6.42 Å². The highest BCUT2D eigenvalue weighted by molar-refractivity contribution is 5.74. The second-order valence-corrected chi connectivity index (χ2v) is 5.73. The molecule has 0 aromatic heterocycles. The largest absolute Gasteiger partial charge is 0.338 e. The fourth-order valence-corrected chi connectivity index (χ4v) is 2.59. The van der Waals surface area contributed by atoms with Crippen molar-refractivity contribution in [1.29, 1.82) is 0 Å². The van der Waals surface area contributed by atoms with Crippen LogP contribution in [0.4, 0.5) is 4.79 Å². The van der Waals surface area contributed by atoms with Crippen molar-refractivity contribution in [3.05, 3.63) is 35.4 Å². The topological polar surface area (TPSA) is 41.1 Å². The second-order valence-electron chi connectivity index (χ2n) is 5.73. The van der Waals surface area contributed by atoms with Gasteiger partial charge in [-0.1, -0.05) is 38.1 Å². The van der Waals surface area contributed by atoms with Gasteiger partial charge >= 0.3 is 6.03 Å². The van der Waals surface area contributed by atoms with E-state index in [-0.39, 0.29) is 12.1 Å². The summed E-state index contributed by atoms with van der Waals surface area (Å²) in [6.45, 7) is 5.08. The van der Waals surface area contributed by atoms with Gasteiger partial charge in [-0.15, -0.1) is 0 Å². The molecular weight excluding hydrogens is 236 g/mol. The Morgan fingerprint density at radius 1 is 1.37 bits per heavy atom. The van der Waals surface area contributed by atoms with Gasteiger partial charge in [0.05, 0.1) is 6.04 Å². The lowest BCUT2D eigenvalue weighted by Crippen LogP contribution is -2.39. The van der Waals surface area contributed by atoms with Gasteiger partial charge in [-0.2, -0.15) is 0 Å². The number of fused-ring (bicyclic) bond motifs is 1. The molecule has 1 atom stereocenters. The van der Waals surface area contributed by atoms with Crippen molar-refractivity contribution in [1.82, 2.24) is 10.6 Å². The van der Waals surface area contributed by atoms with Gasteiger partial charge in [-0.3, -0.25) is 0 Å². The van der Waals surface area contributed by atoms with E-state index in [2.05, 4.69) is 48.7 Å². The number of urea groups is 1. The maximum Gasteiger partial charge on any atom is 0.315 e. The van der Waals surface area contributed by atoms with E-state index in [1.165, 1.54) is 11.1 Å². The summed E-state index contributed by atoms with van der Waals surface area (Å²) in [4.78, 5) is 11.9. The van der Waals surface area contributed by atoms with E-state index in [9.17, 15) is 4.79 Å². The van der Waals surface area contributed by atoms with Crippen molar-refractivity contribution in [2.75, 3.05) is 6.54 Å². The van der Waals surface area contributed by atoms with Gasteiger partial charge in [0.2, 0.25) is 0 Å². The Morgan fingerprint density at radius 2 is 2.16 bits per heavy atom. The van der Waals surface area contributed by atoms with Gasteiger partial charge in [0, 0.05) is 6.54 Å². The number of rotatable bonds is 4. The average molecular weight is 260 g/mol. The summed E-state index contributed by atoms with van der Waals surface area (Å²) in [6, 6.07) is 8.55. The molecule has 104 valence electrons. The van der Waals surface area contributed by atoms with E-state index in [4.69, 9.17) is 0 Å². The molecule has 0 fully saturated rings. The minimum atomic E-state index is -0.0395. The van der Waals surface area contributed by atoms with E-state index in [0.29, 0.717) is 5.92 Å². The summed E-state index contributed by atoms with van der Waals surface area (Å²) in [5, 5.41) is 6.04. The summed E-state index contributed by atoms with van der Waals surface area (Å²) in [7, 11) is 0. The maximum atomic E-state index is 11.9. The smallest absolute Gasteiger partial charge is 0.315 e. The Hall–Kier alpha value is -1.51. The Balaban J connectivity index is 1.88. The third-order valence-electron chi connectivity index (χ3n) is 3.68. The van der Waals surface area contributed by atoms with Crippen molar-refractivity contribution in [3.63, 3.8) is 0 Å². The molecule has 0 radical (unpaired) electrons. The van der Waals surface area contributed by atoms with Crippen LogP contribution in [0.25, 0.3) is 0 Å². The molecule has 0 heterocycles. The summed E-state index contributed by atoms with van der Waals surface area (Å²) < 4.78 is 0. The number of benzene rings is 1. The predicted octanol–water partition coefficient (Wildman–Crippen LogP) is 3.41. The molecule has 3 heteroatoms. The molecule has 2 N–H and O–H groups in total. The van der Waals surface area contributed by atoms with Crippen LogP contribution in [0.1, 0.15) is 50.3 Å². The van der Waals surface area contributed by atoms with E-state index < -0.39 is 0 Å². The summed E-state index contributed by atoms with van der Waals surface area (Å²) in [5.41, 5.74) is 2.66. The fraction of sp³-hybridized carbons (Fsp3) is 0.562. The molecule has 2 amide bonds. The van der Waals surface area contributed by atoms with Gasteiger partial charge in [-0.05, 0) is 42.7 Å². The molecule has 0 saturated carbocycles. The average Bonchev–Trinajstić information content (AvgIpc) is 2.39. The van der Waals surface area contributed by atoms with Crippen LogP contribution in [0.3, 0.4) is 0 Å². The number of hydrogen-bond donors (Lipinski definition) is 2. The minimum Gasteiger partial charge on any atom is -0.338 e. The molecule has 0 spiro atoms. The zero-order chi connectivity index (χ0) is 13.7. The predicted molar refractivity (Wildman–Crippen MR) is 78.1 cm³/mol. The zero-order valence-corrected chi connectivity index (χ0v) is 11.9. The van der Waals surface area contributed by atoms with Gasteiger partial charge in [0.1, 0.15) is 0 Å². The molecule has 1 aliphatic carbocycles. The quantitative estimate of drug-likeness (QED) is 0.856. The minimum absolute atomic E-state index is 0.0395. The van der Waals surface area contributed by atoms with Crippen molar-refractivity contribution < 1.29 is 4.79 Å². The molecule has 0 aliphatic heterocycles. The number of amides is 2. The molecule has 1 aromatic rings. The highest BCUT2D eigenvalue weighted by Gasteiger charge is 2.20. The molecule has 3 nitrogen and oxygen atoms in total. The first kappa shape index (κ1) is 13.9. The van der Waals surface area contributed by atoms with Crippen molar-refractivity contribution in [2.45, 2.75) is 45.6 Å². The molecule has 1 aromatic carbocycles. The van der Waals surface area contributed by atoms with Crippen LogP contribution < -0.4 is 10.6 Å². The van der Waals surface area contributed by atoms with Gasteiger partial charge in [-0.25, -0.2) is 4.79 Å². The lowest BCUT2D eigenvalue weighted by atomic mass is 9.88. The molecule has 0 saturated heterocycles. The first-order chi connectivity index (χ1) is 9.16. The highest BCUT2D eigenvalue weighted by atomic mass is 16.2. The number of carbonyl (C=O) groups excluding carboxylic acids is 1. The van der Waals surface area contributed by atoms with Crippen LogP contribution in [-0.4, -0.2) is 12.6 Å². The lowest BCUT2D eigenvalue weighted by Gasteiger charge is -2.26. The number of carbonyl (C=O) groups is 1. The van der Waals surface area contributed by atoms with Gasteiger partial charge in [0.25, 0.3) is 0 Å². The molecule has 19 heavy (non-hydrogen) atoms.